The van der Waals surface area contributed by atoms with Gasteiger partial charge in [0, 0.05) is 14.2 Å². The normalized spacial score (nSPS) is 11.8. The lowest BCUT2D eigenvalue weighted by Crippen LogP contribution is -2.35. The molecular formula is C32H28O2P2S. The zero-order chi connectivity index (χ0) is 25.7. The Balaban J connectivity index is 2.11. The fourth-order valence-electron chi connectivity index (χ4n) is 4.82. The summed E-state index contributed by atoms with van der Waals surface area (Å²) in [6, 6.07) is 50.9. The van der Waals surface area contributed by atoms with Crippen LogP contribution >= 0.6 is 14.8 Å². The maximum Gasteiger partial charge on any atom is 0.177 e. The van der Waals surface area contributed by atoms with E-state index >= 15 is 0 Å². The quantitative estimate of drug-likeness (QED) is 0.266. The van der Waals surface area contributed by atoms with Crippen molar-refractivity contribution in [3.8, 4) is 0 Å². The van der Waals surface area contributed by atoms with Gasteiger partial charge in [0.15, 0.2) is 9.84 Å². The van der Waals surface area contributed by atoms with Crippen molar-refractivity contribution in [1.29, 1.82) is 0 Å². The van der Waals surface area contributed by atoms with Crippen LogP contribution < -0.4 is 26.5 Å². The van der Waals surface area contributed by atoms with Crippen molar-refractivity contribution >= 4 is 55.5 Å². The maximum atomic E-state index is 14.3. The van der Waals surface area contributed by atoms with Crippen LogP contribution in [-0.2, 0) is 9.84 Å². The van der Waals surface area contributed by atoms with Crippen LogP contribution in [0.15, 0.2) is 152 Å². The minimum Gasteiger partial charge on any atom is -0.224 e. The highest BCUT2D eigenvalue weighted by atomic mass is 32.2. The van der Waals surface area contributed by atoms with Crippen LogP contribution in [0.2, 0.25) is 0 Å². The fraction of sp³-hybridized carbons (Fsp3) is 0.0312. The predicted octanol–water partition coefficient (Wildman–Crippen LogP) is 5.25. The average Bonchev–Trinajstić information content (AvgIpc) is 2.95. The molecule has 0 unspecified atom stereocenters. The first kappa shape index (κ1) is 25.4. The molecule has 0 saturated heterocycles. The van der Waals surface area contributed by atoms with E-state index in [0.29, 0.717) is 4.37 Å². The molecular weight excluding hydrogens is 510 g/mol. The highest BCUT2D eigenvalue weighted by Crippen LogP contribution is 2.56. The van der Waals surface area contributed by atoms with E-state index < -0.39 is 24.6 Å². The summed E-state index contributed by atoms with van der Waals surface area (Å²) in [6.07, 6.45) is 1.40. The number of hydrogen-bond acceptors (Lipinski definition) is 2. The van der Waals surface area contributed by atoms with E-state index in [2.05, 4.69) is 60.7 Å². The van der Waals surface area contributed by atoms with Gasteiger partial charge in [-0.3, -0.25) is 0 Å². The summed E-state index contributed by atoms with van der Waals surface area (Å²) in [5.74, 6) is 0. The molecule has 5 heteroatoms. The number of rotatable bonds is 7. The second-order valence-corrected chi connectivity index (χ2v) is 17.1. The van der Waals surface area contributed by atoms with Crippen LogP contribution in [0.4, 0.5) is 0 Å². The molecule has 37 heavy (non-hydrogen) atoms. The molecule has 0 bridgehead atoms. The van der Waals surface area contributed by atoms with Crippen molar-refractivity contribution in [2.75, 3.05) is 6.26 Å². The molecule has 184 valence electrons. The summed E-state index contributed by atoms with van der Waals surface area (Å²) in [4.78, 5) is 0. The lowest BCUT2D eigenvalue weighted by Gasteiger charge is -2.35. The summed E-state index contributed by atoms with van der Waals surface area (Å²) >= 11 is 0. The Labute approximate surface area is 221 Å². The van der Waals surface area contributed by atoms with E-state index in [0.717, 1.165) is 26.5 Å². The lowest BCUT2D eigenvalue weighted by atomic mass is 10.4. The Hall–Kier alpha value is -3.22. The van der Waals surface area contributed by atoms with Gasteiger partial charge >= 0.3 is 0 Å². The molecule has 0 radical (unpaired) electrons. The Morgan fingerprint density at radius 2 is 0.757 bits per heavy atom. The smallest absolute Gasteiger partial charge is 0.177 e. The summed E-state index contributed by atoms with van der Waals surface area (Å²) < 4.78 is 29.2. The van der Waals surface area contributed by atoms with Crippen LogP contribution in [0.3, 0.4) is 0 Å². The van der Waals surface area contributed by atoms with Crippen LogP contribution in [0.25, 0.3) is 0 Å². The maximum absolute atomic E-state index is 14.3. The van der Waals surface area contributed by atoms with Crippen molar-refractivity contribution in [1.82, 2.24) is 0 Å². The van der Waals surface area contributed by atoms with Gasteiger partial charge in [-0.15, -0.1) is 0 Å². The molecule has 0 aliphatic rings. The number of hydrogen-bond donors (Lipinski definition) is 0. The van der Waals surface area contributed by atoms with Gasteiger partial charge in [0.1, 0.15) is 0 Å². The molecule has 0 saturated carbocycles. The Bertz CT molecular complexity index is 1480. The summed E-state index contributed by atoms with van der Waals surface area (Å²) in [5.41, 5.74) is 0. The monoisotopic (exact) mass is 538 g/mol. The van der Waals surface area contributed by atoms with Gasteiger partial charge < -0.3 is 0 Å². The minimum absolute atomic E-state index is 0.607. The van der Waals surface area contributed by atoms with Crippen molar-refractivity contribution in [3.05, 3.63) is 152 Å². The number of sulfone groups is 1. The van der Waals surface area contributed by atoms with Gasteiger partial charge in [0.2, 0.25) is 0 Å². The van der Waals surface area contributed by atoms with Crippen molar-refractivity contribution in [3.63, 3.8) is 0 Å². The van der Waals surface area contributed by atoms with Gasteiger partial charge in [-0.1, -0.05) is 152 Å². The van der Waals surface area contributed by atoms with E-state index in [1.165, 1.54) is 6.26 Å². The third kappa shape index (κ3) is 5.00. The Kier molecular flexibility index (Phi) is 7.58. The van der Waals surface area contributed by atoms with Crippen LogP contribution in [-0.4, -0.2) is 19.0 Å². The van der Waals surface area contributed by atoms with E-state index in [1.54, 1.807) is 0 Å². The van der Waals surface area contributed by atoms with Crippen molar-refractivity contribution < 1.29 is 8.42 Å². The fourth-order valence-corrected chi connectivity index (χ4v) is 17.7. The van der Waals surface area contributed by atoms with Gasteiger partial charge in [0.25, 0.3) is 0 Å². The molecule has 0 fully saturated rings. The zero-order valence-electron chi connectivity index (χ0n) is 20.6. The molecule has 0 spiro atoms. The van der Waals surface area contributed by atoms with Gasteiger partial charge in [-0.05, 0) is 33.4 Å². The molecule has 5 aromatic carbocycles. The van der Waals surface area contributed by atoms with Crippen LogP contribution in [0.1, 0.15) is 0 Å². The molecule has 0 aliphatic carbocycles. The first-order valence-corrected chi connectivity index (χ1v) is 17.1. The second kappa shape index (κ2) is 11.0. The molecule has 0 aromatic heterocycles. The van der Waals surface area contributed by atoms with Crippen LogP contribution in [0, 0.1) is 0 Å². The van der Waals surface area contributed by atoms with Crippen molar-refractivity contribution in [2.45, 2.75) is 0 Å². The second-order valence-electron chi connectivity index (χ2n) is 8.74. The highest BCUT2D eigenvalue weighted by Gasteiger charge is 2.39. The topological polar surface area (TPSA) is 34.1 Å². The largest absolute Gasteiger partial charge is 0.224 e. The number of benzene rings is 5. The molecule has 5 rings (SSSR count). The standard InChI is InChI=1S/C32H28O2P2S/c1-37(33,34)32(35(27-17-7-2-8-18-27)28-19-9-3-10-20-28)36(29-21-11-4-12-22-29,30-23-13-5-14-24-30)31-25-15-6-16-26-31/h2-26H,1H3. The van der Waals surface area contributed by atoms with E-state index in [-0.39, 0.29) is 0 Å². The van der Waals surface area contributed by atoms with Gasteiger partial charge in [-0.25, -0.2) is 8.42 Å². The van der Waals surface area contributed by atoms with Crippen molar-refractivity contribution in [2.24, 2.45) is 0 Å². The SMILES string of the molecule is CS(=O)(=O)C(P(c1ccccc1)c1ccccc1)=P(c1ccccc1)(c1ccccc1)c1ccccc1. The first-order valence-electron chi connectivity index (χ1n) is 12.1. The average molecular weight is 539 g/mol. The third-order valence-electron chi connectivity index (χ3n) is 6.27. The van der Waals surface area contributed by atoms with Crippen LogP contribution in [0.5, 0.6) is 0 Å². The molecule has 0 heterocycles. The molecule has 0 amide bonds. The predicted molar refractivity (Wildman–Crippen MR) is 164 cm³/mol. The third-order valence-corrected chi connectivity index (χ3v) is 17.6. The Morgan fingerprint density at radius 3 is 1.03 bits per heavy atom. The summed E-state index contributed by atoms with van der Waals surface area (Å²) in [6.45, 7) is -2.81. The van der Waals surface area contributed by atoms with E-state index in [4.69, 9.17) is 0 Å². The van der Waals surface area contributed by atoms with E-state index in [1.807, 2.05) is 91.0 Å². The minimum atomic E-state index is -3.67. The summed E-state index contributed by atoms with van der Waals surface area (Å²) in [7, 11) is -5.05. The van der Waals surface area contributed by atoms with Gasteiger partial charge in [-0.2, -0.15) is 0 Å². The van der Waals surface area contributed by atoms with Gasteiger partial charge in [0.05, 0.1) is 4.37 Å². The first-order chi connectivity index (χ1) is 18.0. The molecule has 2 nitrogen and oxygen atoms in total. The lowest BCUT2D eigenvalue weighted by molar-refractivity contribution is 0.613. The molecule has 0 atom stereocenters. The molecule has 0 N–H and O–H groups in total. The zero-order valence-corrected chi connectivity index (χ0v) is 23.2. The molecule has 5 aromatic rings. The summed E-state index contributed by atoms with van der Waals surface area (Å²) in [5, 5.41) is 5.15. The Morgan fingerprint density at radius 1 is 0.486 bits per heavy atom. The van der Waals surface area contributed by atoms with E-state index in [9.17, 15) is 8.42 Å². The highest BCUT2D eigenvalue weighted by molar-refractivity contribution is 8.35. The molecule has 0 aliphatic heterocycles.